The fourth-order valence-electron chi connectivity index (χ4n) is 3.07. The predicted octanol–water partition coefficient (Wildman–Crippen LogP) is 2.89. The Balaban J connectivity index is 2.02. The number of nitrogens with zero attached hydrogens (tertiary/aromatic N) is 1. The molecule has 0 aliphatic carbocycles. The van der Waals surface area contributed by atoms with Crippen molar-refractivity contribution in [1.29, 1.82) is 0 Å². The standard InChI is InChI=1S/C19H14N2O3/c1-10-11(2)19(24)21(18(10)23)16-9-15(22)14-8-7-12-5-3-4-6-13(12)17(14)20-16/h3-9H,1-2H3,(H,20,22). The van der Waals surface area contributed by atoms with Gasteiger partial charge in [0.05, 0.1) is 5.52 Å². The molecule has 0 bridgehead atoms. The number of fused-ring (bicyclic) bond motifs is 3. The summed E-state index contributed by atoms with van der Waals surface area (Å²) in [6, 6.07) is 12.6. The molecular weight excluding hydrogens is 304 g/mol. The summed E-state index contributed by atoms with van der Waals surface area (Å²) in [5.74, 6) is -0.587. The smallest absolute Gasteiger partial charge is 0.262 e. The first-order valence-corrected chi connectivity index (χ1v) is 7.60. The second kappa shape index (κ2) is 4.89. The van der Waals surface area contributed by atoms with Gasteiger partial charge in [0.1, 0.15) is 5.82 Å². The Morgan fingerprint density at radius 3 is 2.21 bits per heavy atom. The maximum absolute atomic E-state index is 12.5. The molecule has 0 saturated heterocycles. The zero-order chi connectivity index (χ0) is 17.0. The van der Waals surface area contributed by atoms with Crippen molar-refractivity contribution in [3.63, 3.8) is 0 Å². The molecule has 1 N–H and O–H groups in total. The van der Waals surface area contributed by atoms with Crippen molar-refractivity contribution >= 4 is 39.3 Å². The average Bonchev–Trinajstić information content (AvgIpc) is 2.78. The number of rotatable bonds is 1. The number of aromatic amines is 1. The molecule has 5 nitrogen and oxygen atoms in total. The lowest BCUT2D eigenvalue weighted by molar-refractivity contribution is -0.120. The molecule has 2 amide bonds. The van der Waals surface area contributed by atoms with E-state index in [1.165, 1.54) is 6.07 Å². The Kier molecular flexibility index (Phi) is 2.93. The van der Waals surface area contributed by atoms with E-state index < -0.39 is 11.8 Å². The lowest BCUT2D eigenvalue weighted by atomic mass is 10.1. The van der Waals surface area contributed by atoms with Crippen molar-refractivity contribution in [2.75, 3.05) is 4.90 Å². The molecule has 1 aromatic heterocycles. The van der Waals surface area contributed by atoms with Gasteiger partial charge < -0.3 is 4.98 Å². The fourth-order valence-corrected chi connectivity index (χ4v) is 3.07. The quantitative estimate of drug-likeness (QED) is 0.554. The number of hydrogen-bond donors (Lipinski definition) is 1. The summed E-state index contributed by atoms with van der Waals surface area (Å²) in [7, 11) is 0. The molecule has 5 heteroatoms. The molecule has 0 radical (unpaired) electrons. The lowest BCUT2D eigenvalue weighted by Gasteiger charge is -2.16. The van der Waals surface area contributed by atoms with E-state index in [2.05, 4.69) is 4.98 Å². The van der Waals surface area contributed by atoms with Crippen LogP contribution in [0.25, 0.3) is 21.7 Å². The first kappa shape index (κ1) is 14.4. The summed E-state index contributed by atoms with van der Waals surface area (Å²) in [6.45, 7) is 3.23. The van der Waals surface area contributed by atoms with Gasteiger partial charge in [-0.1, -0.05) is 30.3 Å². The zero-order valence-corrected chi connectivity index (χ0v) is 13.2. The van der Waals surface area contributed by atoms with Gasteiger partial charge in [-0.15, -0.1) is 0 Å². The van der Waals surface area contributed by atoms with E-state index >= 15 is 0 Å². The molecule has 0 fully saturated rings. The van der Waals surface area contributed by atoms with Crippen LogP contribution in [0.4, 0.5) is 5.82 Å². The van der Waals surface area contributed by atoms with Crippen molar-refractivity contribution in [2.24, 2.45) is 0 Å². The summed E-state index contributed by atoms with van der Waals surface area (Å²) in [6.07, 6.45) is 0. The molecule has 0 saturated carbocycles. The Hall–Kier alpha value is -3.21. The van der Waals surface area contributed by atoms with Crippen molar-refractivity contribution in [3.05, 3.63) is 63.8 Å². The predicted molar refractivity (Wildman–Crippen MR) is 92.9 cm³/mol. The number of H-pyrrole nitrogens is 1. The van der Waals surface area contributed by atoms with Crippen LogP contribution in [-0.4, -0.2) is 16.8 Å². The van der Waals surface area contributed by atoms with Crippen LogP contribution in [0.1, 0.15) is 13.8 Å². The first-order valence-electron chi connectivity index (χ1n) is 7.60. The highest BCUT2D eigenvalue weighted by atomic mass is 16.2. The minimum absolute atomic E-state index is 0.204. The molecule has 118 valence electrons. The number of pyridine rings is 1. The van der Waals surface area contributed by atoms with Crippen LogP contribution in [0, 0.1) is 0 Å². The third kappa shape index (κ3) is 1.84. The van der Waals surface area contributed by atoms with E-state index in [0.717, 1.165) is 15.7 Å². The van der Waals surface area contributed by atoms with Gasteiger partial charge in [-0.3, -0.25) is 14.4 Å². The van der Waals surface area contributed by atoms with Gasteiger partial charge in [-0.2, -0.15) is 0 Å². The molecule has 0 atom stereocenters. The maximum atomic E-state index is 12.5. The number of aromatic nitrogens is 1. The largest absolute Gasteiger partial charge is 0.340 e. The van der Waals surface area contributed by atoms with Gasteiger partial charge in [-0.05, 0) is 25.3 Å². The van der Waals surface area contributed by atoms with Crippen LogP contribution in [0.15, 0.2) is 58.4 Å². The number of amides is 2. The molecule has 4 rings (SSSR count). The SMILES string of the molecule is CC1=C(C)C(=O)N(c2cc(=O)c3ccc4ccccc4c3[nH]2)C1=O. The van der Waals surface area contributed by atoms with Crippen molar-refractivity contribution in [1.82, 2.24) is 4.98 Å². The average molecular weight is 318 g/mol. The van der Waals surface area contributed by atoms with Crippen molar-refractivity contribution < 1.29 is 9.59 Å². The first-order chi connectivity index (χ1) is 11.5. The second-order valence-electron chi connectivity index (χ2n) is 5.92. The van der Waals surface area contributed by atoms with Crippen molar-refractivity contribution in [3.8, 4) is 0 Å². The number of carbonyl (C=O) groups excluding carboxylic acids is 2. The fraction of sp³-hybridized carbons (Fsp3) is 0.105. The van der Waals surface area contributed by atoms with Gasteiger partial charge in [0, 0.05) is 28.0 Å². The van der Waals surface area contributed by atoms with Crippen LogP contribution < -0.4 is 10.3 Å². The van der Waals surface area contributed by atoms with E-state index in [-0.39, 0.29) is 11.2 Å². The highest BCUT2D eigenvalue weighted by molar-refractivity contribution is 6.32. The summed E-state index contributed by atoms with van der Waals surface area (Å²) in [4.78, 5) is 41.4. The Labute approximate surface area is 137 Å². The molecule has 0 unspecified atom stereocenters. The van der Waals surface area contributed by atoms with E-state index in [9.17, 15) is 14.4 Å². The topological polar surface area (TPSA) is 70.2 Å². The van der Waals surface area contributed by atoms with Crippen molar-refractivity contribution in [2.45, 2.75) is 13.8 Å². The van der Waals surface area contributed by atoms with Crippen LogP contribution in [0.2, 0.25) is 0 Å². The highest BCUT2D eigenvalue weighted by Crippen LogP contribution is 2.28. The minimum atomic E-state index is -0.396. The normalized spacial score (nSPS) is 15.2. The van der Waals surface area contributed by atoms with Gasteiger partial charge in [0.15, 0.2) is 5.43 Å². The molecule has 3 aromatic rings. The Morgan fingerprint density at radius 1 is 0.833 bits per heavy atom. The zero-order valence-electron chi connectivity index (χ0n) is 13.2. The molecule has 2 heterocycles. The molecular formula is C19H14N2O3. The molecule has 0 spiro atoms. The molecule has 24 heavy (non-hydrogen) atoms. The highest BCUT2D eigenvalue weighted by Gasteiger charge is 2.35. The number of anilines is 1. The van der Waals surface area contributed by atoms with E-state index in [0.29, 0.717) is 22.0 Å². The van der Waals surface area contributed by atoms with E-state index in [1.54, 1.807) is 19.9 Å². The summed E-state index contributed by atoms with van der Waals surface area (Å²) < 4.78 is 0. The number of nitrogens with one attached hydrogen (secondary N) is 1. The molecule has 2 aromatic carbocycles. The van der Waals surface area contributed by atoms with Crippen LogP contribution in [0.5, 0.6) is 0 Å². The maximum Gasteiger partial charge on any atom is 0.262 e. The third-order valence-electron chi connectivity index (χ3n) is 4.57. The second-order valence-corrected chi connectivity index (χ2v) is 5.92. The van der Waals surface area contributed by atoms with Gasteiger partial charge >= 0.3 is 0 Å². The van der Waals surface area contributed by atoms with E-state index in [1.807, 2.05) is 30.3 Å². The summed E-state index contributed by atoms with van der Waals surface area (Å²) >= 11 is 0. The summed E-state index contributed by atoms with van der Waals surface area (Å²) in [5.41, 5.74) is 1.20. The minimum Gasteiger partial charge on any atom is -0.340 e. The Morgan fingerprint density at radius 2 is 1.50 bits per heavy atom. The molecule has 1 aliphatic heterocycles. The van der Waals surface area contributed by atoms with Gasteiger partial charge in [0.25, 0.3) is 11.8 Å². The van der Waals surface area contributed by atoms with E-state index in [4.69, 9.17) is 0 Å². The third-order valence-corrected chi connectivity index (χ3v) is 4.57. The number of hydrogen-bond acceptors (Lipinski definition) is 3. The van der Waals surface area contributed by atoms with Crippen LogP contribution in [0.3, 0.4) is 0 Å². The number of carbonyl (C=O) groups is 2. The summed E-state index contributed by atoms with van der Waals surface area (Å²) in [5, 5.41) is 2.37. The Bertz CT molecular complexity index is 1110. The monoisotopic (exact) mass is 318 g/mol. The molecule has 1 aliphatic rings. The van der Waals surface area contributed by atoms with Gasteiger partial charge in [0.2, 0.25) is 0 Å². The number of benzene rings is 2. The lowest BCUT2D eigenvalue weighted by Crippen LogP contribution is -2.32. The van der Waals surface area contributed by atoms with Crippen LogP contribution >= 0.6 is 0 Å². The van der Waals surface area contributed by atoms with Crippen LogP contribution in [-0.2, 0) is 9.59 Å². The number of imide groups is 1. The van der Waals surface area contributed by atoms with Gasteiger partial charge in [-0.25, -0.2) is 4.90 Å².